The fraction of sp³-hybridized carbons (Fsp3) is 0.600. The lowest BCUT2D eigenvalue weighted by Gasteiger charge is -2.35. The van der Waals surface area contributed by atoms with Crippen molar-refractivity contribution in [2.45, 2.75) is 59.0 Å². The zero-order chi connectivity index (χ0) is 18.4. The van der Waals surface area contributed by atoms with Gasteiger partial charge in [0.25, 0.3) is 5.91 Å². The molecule has 5 heteroatoms. The first kappa shape index (κ1) is 19.4. The Hall–Kier alpha value is -1.88. The molecule has 1 aliphatic heterocycles. The summed E-state index contributed by atoms with van der Waals surface area (Å²) in [4.78, 5) is 26.6. The molecule has 0 aliphatic carbocycles. The van der Waals surface area contributed by atoms with Crippen LogP contribution in [-0.4, -0.2) is 41.0 Å². The number of benzene rings is 1. The minimum absolute atomic E-state index is 0.00724. The molecule has 2 rings (SSSR count). The van der Waals surface area contributed by atoms with Crippen LogP contribution in [0.3, 0.4) is 0 Å². The van der Waals surface area contributed by atoms with Crippen LogP contribution in [0, 0.1) is 5.41 Å². The Labute approximate surface area is 150 Å². The number of amides is 2. The van der Waals surface area contributed by atoms with Crippen LogP contribution >= 0.6 is 0 Å². The molecule has 0 unspecified atom stereocenters. The number of likely N-dealkylation sites (tertiary alicyclic amines) is 1. The van der Waals surface area contributed by atoms with Crippen LogP contribution in [0.5, 0.6) is 0 Å². The number of carbonyl (C=O) groups is 2. The van der Waals surface area contributed by atoms with E-state index in [9.17, 15) is 14.7 Å². The molecule has 0 aromatic heterocycles. The highest BCUT2D eigenvalue weighted by Gasteiger charge is 2.27. The molecule has 138 valence electrons. The number of nitrogens with zero attached hydrogens (tertiary/aromatic N) is 1. The fourth-order valence-corrected chi connectivity index (χ4v) is 3.10. The predicted molar refractivity (Wildman–Crippen MR) is 98.1 cm³/mol. The zero-order valence-electron chi connectivity index (χ0n) is 15.5. The van der Waals surface area contributed by atoms with Gasteiger partial charge in [-0.3, -0.25) is 9.59 Å². The molecule has 0 saturated carbocycles. The summed E-state index contributed by atoms with van der Waals surface area (Å²) in [6, 6.07) is 7.57. The van der Waals surface area contributed by atoms with Crippen LogP contribution in [0.4, 0.5) is 0 Å². The van der Waals surface area contributed by atoms with Crippen molar-refractivity contribution in [2.24, 2.45) is 5.41 Å². The Morgan fingerprint density at radius 2 is 1.88 bits per heavy atom. The van der Waals surface area contributed by atoms with E-state index in [1.807, 2.05) is 49.9 Å². The van der Waals surface area contributed by atoms with Gasteiger partial charge in [0.2, 0.25) is 5.91 Å². The number of rotatable bonds is 5. The molecule has 1 aliphatic rings. The first-order valence-electron chi connectivity index (χ1n) is 9.12. The van der Waals surface area contributed by atoms with Crippen molar-refractivity contribution >= 4 is 11.8 Å². The van der Waals surface area contributed by atoms with Gasteiger partial charge in [-0.15, -0.1) is 0 Å². The van der Waals surface area contributed by atoms with Gasteiger partial charge < -0.3 is 15.3 Å². The van der Waals surface area contributed by atoms with Gasteiger partial charge in [0.1, 0.15) is 0 Å². The standard InChI is InChI=1S/C20H30N2O3/c1-20(2,3)19(25)21-14-15-7-9-16(10-8-15)18(24)22-12-5-4-6-17(22)11-13-23/h7-10,17,23H,4-6,11-14H2,1-3H3,(H,21,25)/t17-/m1/s1. The van der Waals surface area contributed by atoms with Crippen LogP contribution in [0.1, 0.15) is 62.4 Å². The van der Waals surface area contributed by atoms with Crippen molar-refractivity contribution in [3.05, 3.63) is 35.4 Å². The summed E-state index contributed by atoms with van der Waals surface area (Å²) >= 11 is 0. The number of hydrogen-bond donors (Lipinski definition) is 2. The maximum Gasteiger partial charge on any atom is 0.254 e. The highest BCUT2D eigenvalue weighted by atomic mass is 16.3. The van der Waals surface area contributed by atoms with Crippen molar-refractivity contribution in [1.82, 2.24) is 10.2 Å². The van der Waals surface area contributed by atoms with E-state index in [1.54, 1.807) is 0 Å². The smallest absolute Gasteiger partial charge is 0.254 e. The number of hydrogen-bond acceptors (Lipinski definition) is 3. The largest absolute Gasteiger partial charge is 0.396 e. The summed E-state index contributed by atoms with van der Waals surface area (Å²) < 4.78 is 0. The maximum absolute atomic E-state index is 12.8. The lowest BCUT2D eigenvalue weighted by molar-refractivity contribution is -0.128. The van der Waals surface area contributed by atoms with Crippen LogP contribution in [0.25, 0.3) is 0 Å². The molecule has 5 nitrogen and oxygen atoms in total. The molecule has 0 spiro atoms. The Morgan fingerprint density at radius 3 is 2.48 bits per heavy atom. The van der Waals surface area contributed by atoms with Crippen LogP contribution in [0.2, 0.25) is 0 Å². The summed E-state index contributed by atoms with van der Waals surface area (Å²) in [5.41, 5.74) is 1.22. The van der Waals surface area contributed by atoms with Crippen molar-refractivity contribution < 1.29 is 14.7 Å². The summed E-state index contributed by atoms with van der Waals surface area (Å²) in [5, 5.41) is 12.1. The normalized spacial score (nSPS) is 18.1. The van der Waals surface area contributed by atoms with Crippen molar-refractivity contribution in [2.75, 3.05) is 13.2 Å². The number of aliphatic hydroxyl groups is 1. The third kappa shape index (κ3) is 5.30. The molecule has 0 bridgehead atoms. The minimum atomic E-state index is -0.411. The average molecular weight is 346 g/mol. The minimum Gasteiger partial charge on any atom is -0.396 e. The quantitative estimate of drug-likeness (QED) is 0.861. The number of aliphatic hydroxyl groups excluding tert-OH is 1. The summed E-state index contributed by atoms with van der Waals surface area (Å²) in [5.74, 6) is 0.0382. The van der Waals surface area contributed by atoms with Gasteiger partial charge in [-0.1, -0.05) is 32.9 Å². The molecule has 1 aromatic carbocycles. The van der Waals surface area contributed by atoms with Crippen LogP contribution in [-0.2, 0) is 11.3 Å². The Morgan fingerprint density at radius 1 is 1.20 bits per heavy atom. The van der Waals surface area contributed by atoms with Gasteiger partial charge in [0.15, 0.2) is 0 Å². The lowest BCUT2D eigenvalue weighted by atomic mass is 9.95. The van der Waals surface area contributed by atoms with Crippen molar-refractivity contribution in [3.63, 3.8) is 0 Å². The number of nitrogens with one attached hydrogen (secondary N) is 1. The predicted octanol–water partition coefficient (Wildman–Crippen LogP) is 2.73. The Kier molecular flexibility index (Phi) is 6.59. The number of piperidine rings is 1. The second-order valence-corrected chi connectivity index (χ2v) is 7.79. The SMILES string of the molecule is CC(C)(C)C(=O)NCc1ccc(C(=O)N2CCCC[C@@H]2CCO)cc1. The van der Waals surface area contributed by atoms with Gasteiger partial charge in [-0.2, -0.15) is 0 Å². The maximum atomic E-state index is 12.8. The van der Waals surface area contributed by atoms with E-state index in [0.717, 1.165) is 31.4 Å². The monoisotopic (exact) mass is 346 g/mol. The molecule has 2 N–H and O–H groups in total. The van der Waals surface area contributed by atoms with Crippen LogP contribution in [0.15, 0.2) is 24.3 Å². The molecule has 1 heterocycles. The van der Waals surface area contributed by atoms with Gasteiger partial charge in [0.05, 0.1) is 0 Å². The van der Waals surface area contributed by atoms with Crippen molar-refractivity contribution in [1.29, 1.82) is 0 Å². The average Bonchev–Trinajstić information content (AvgIpc) is 2.59. The molecule has 1 saturated heterocycles. The first-order chi connectivity index (χ1) is 11.8. The van der Waals surface area contributed by atoms with E-state index in [-0.39, 0.29) is 24.5 Å². The Bertz CT molecular complexity index is 588. The molecule has 1 atom stereocenters. The van der Waals surface area contributed by atoms with E-state index < -0.39 is 5.41 Å². The topological polar surface area (TPSA) is 69.6 Å². The van der Waals surface area contributed by atoms with Crippen LogP contribution < -0.4 is 5.32 Å². The molecule has 1 fully saturated rings. The third-order valence-electron chi connectivity index (χ3n) is 4.69. The summed E-state index contributed by atoms with van der Waals surface area (Å²) in [7, 11) is 0. The second kappa shape index (κ2) is 8.48. The third-order valence-corrected chi connectivity index (χ3v) is 4.69. The molecule has 0 radical (unpaired) electrons. The van der Waals surface area contributed by atoms with E-state index in [4.69, 9.17) is 0 Å². The van der Waals surface area contributed by atoms with Crippen molar-refractivity contribution in [3.8, 4) is 0 Å². The van der Waals surface area contributed by atoms with E-state index in [2.05, 4.69) is 5.32 Å². The summed E-state index contributed by atoms with van der Waals surface area (Å²) in [6.07, 6.45) is 3.73. The molecular weight excluding hydrogens is 316 g/mol. The van der Waals surface area contributed by atoms with Gasteiger partial charge in [-0.25, -0.2) is 0 Å². The number of carbonyl (C=O) groups excluding carboxylic acids is 2. The first-order valence-corrected chi connectivity index (χ1v) is 9.12. The van der Waals surface area contributed by atoms with E-state index in [1.165, 1.54) is 0 Å². The van der Waals surface area contributed by atoms with E-state index in [0.29, 0.717) is 18.5 Å². The highest BCUT2D eigenvalue weighted by molar-refractivity contribution is 5.94. The highest BCUT2D eigenvalue weighted by Crippen LogP contribution is 2.22. The molecule has 1 aromatic rings. The van der Waals surface area contributed by atoms with Gasteiger partial charge in [0, 0.05) is 36.7 Å². The second-order valence-electron chi connectivity index (χ2n) is 7.79. The fourth-order valence-electron chi connectivity index (χ4n) is 3.10. The van der Waals surface area contributed by atoms with Gasteiger partial charge in [-0.05, 0) is 43.4 Å². The molecular formula is C20H30N2O3. The zero-order valence-corrected chi connectivity index (χ0v) is 15.5. The van der Waals surface area contributed by atoms with E-state index >= 15 is 0 Å². The van der Waals surface area contributed by atoms with Gasteiger partial charge >= 0.3 is 0 Å². The Balaban J connectivity index is 1.98. The molecule has 25 heavy (non-hydrogen) atoms. The molecule has 2 amide bonds. The lowest BCUT2D eigenvalue weighted by Crippen LogP contribution is -2.44. The summed E-state index contributed by atoms with van der Waals surface area (Å²) in [6.45, 7) is 6.97.